The standard InChI is InChI=1S/C29H33F3N4O3S3/c1-2-15-35-16-18-36(19-17-35)23-10-8-22(9-11-23)28(37)34-41-25-12-13-26(27(21-25)42(38,39)29(30,31)32)33-14-20-40-24-6-4-3-5-7-24/h3-13,21,33H,2,14-20H2,1H3,(H,34,37). The van der Waals surface area contributed by atoms with E-state index in [4.69, 9.17) is 0 Å². The number of hydrogen-bond acceptors (Lipinski definition) is 8. The van der Waals surface area contributed by atoms with Crippen molar-refractivity contribution in [3.05, 3.63) is 78.4 Å². The van der Waals surface area contributed by atoms with E-state index in [-0.39, 0.29) is 17.1 Å². The number of carbonyl (C=O) groups is 1. The number of thioether (sulfide) groups is 1. The minimum atomic E-state index is -5.64. The van der Waals surface area contributed by atoms with Gasteiger partial charge in [-0.15, -0.1) is 11.8 Å². The van der Waals surface area contributed by atoms with Gasteiger partial charge in [0.2, 0.25) is 0 Å². The smallest absolute Gasteiger partial charge is 0.383 e. The van der Waals surface area contributed by atoms with Crippen LogP contribution < -0.4 is 14.9 Å². The molecule has 42 heavy (non-hydrogen) atoms. The van der Waals surface area contributed by atoms with Gasteiger partial charge in [-0.3, -0.25) is 14.4 Å². The average Bonchev–Trinajstić information content (AvgIpc) is 2.99. The fraction of sp³-hybridized carbons (Fsp3) is 0.345. The largest absolute Gasteiger partial charge is 0.501 e. The number of piperazine rings is 1. The number of sulfone groups is 1. The number of halogens is 3. The minimum Gasteiger partial charge on any atom is -0.383 e. The zero-order chi connectivity index (χ0) is 30.2. The van der Waals surface area contributed by atoms with Gasteiger partial charge in [-0.05, 0) is 79.5 Å². The van der Waals surface area contributed by atoms with E-state index in [0.29, 0.717) is 11.3 Å². The van der Waals surface area contributed by atoms with Gasteiger partial charge < -0.3 is 10.2 Å². The Bertz CT molecular complexity index is 1430. The molecule has 2 N–H and O–H groups in total. The summed E-state index contributed by atoms with van der Waals surface area (Å²) in [6.07, 6.45) is 1.12. The van der Waals surface area contributed by atoms with Gasteiger partial charge in [-0.25, -0.2) is 8.42 Å². The Morgan fingerprint density at radius 3 is 2.26 bits per heavy atom. The summed E-state index contributed by atoms with van der Waals surface area (Å²) in [7, 11) is -5.64. The van der Waals surface area contributed by atoms with Crippen LogP contribution >= 0.6 is 23.7 Å². The van der Waals surface area contributed by atoms with E-state index in [2.05, 4.69) is 26.8 Å². The SMILES string of the molecule is CCCN1CCN(c2ccc(C(=O)NSc3ccc(NCCSc4ccccc4)c(S(=O)(=O)C(F)(F)F)c3)cc2)CC1. The predicted octanol–water partition coefficient (Wildman–Crippen LogP) is 6.15. The second-order valence-corrected chi connectivity index (χ2v) is 13.6. The van der Waals surface area contributed by atoms with E-state index in [1.54, 1.807) is 12.1 Å². The summed E-state index contributed by atoms with van der Waals surface area (Å²) in [4.78, 5) is 17.7. The van der Waals surface area contributed by atoms with E-state index in [1.807, 2.05) is 42.5 Å². The van der Waals surface area contributed by atoms with E-state index in [0.717, 1.165) is 67.7 Å². The van der Waals surface area contributed by atoms with Gasteiger partial charge in [0.05, 0.1) is 5.69 Å². The molecule has 0 saturated carbocycles. The Labute approximate surface area is 253 Å². The molecule has 0 aromatic heterocycles. The summed E-state index contributed by atoms with van der Waals surface area (Å²) < 4.78 is 67.8. The molecule has 7 nitrogen and oxygen atoms in total. The molecule has 0 radical (unpaired) electrons. The molecule has 4 rings (SSSR count). The summed E-state index contributed by atoms with van der Waals surface area (Å²) >= 11 is 2.25. The Hall–Kier alpha value is -2.87. The molecule has 0 aliphatic carbocycles. The van der Waals surface area contributed by atoms with Crippen molar-refractivity contribution >= 4 is 50.8 Å². The fourth-order valence-corrected chi connectivity index (χ4v) is 6.93. The third kappa shape index (κ3) is 8.36. The maximum absolute atomic E-state index is 13.5. The molecule has 3 aromatic carbocycles. The van der Waals surface area contributed by atoms with Crippen molar-refractivity contribution in [1.82, 2.24) is 9.62 Å². The van der Waals surface area contributed by atoms with E-state index < -0.39 is 26.1 Å². The Morgan fingerprint density at radius 2 is 1.62 bits per heavy atom. The summed E-state index contributed by atoms with van der Waals surface area (Å²) in [5.74, 6) is 0.0651. The number of carbonyl (C=O) groups excluding carboxylic acids is 1. The summed E-state index contributed by atoms with van der Waals surface area (Å²) in [6, 6.07) is 20.3. The molecule has 0 bridgehead atoms. The lowest BCUT2D eigenvalue weighted by Gasteiger charge is -2.36. The molecule has 0 unspecified atom stereocenters. The van der Waals surface area contributed by atoms with Gasteiger partial charge in [-0.2, -0.15) is 13.2 Å². The van der Waals surface area contributed by atoms with Crippen molar-refractivity contribution in [3.8, 4) is 0 Å². The van der Waals surface area contributed by atoms with E-state index in [9.17, 15) is 26.4 Å². The first kappa shape index (κ1) is 32.1. The topological polar surface area (TPSA) is 81.8 Å². The van der Waals surface area contributed by atoms with Gasteiger partial charge in [0.15, 0.2) is 0 Å². The molecule has 1 fully saturated rings. The molecule has 1 aliphatic heterocycles. The second-order valence-electron chi connectivity index (χ2n) is 9.60. The van der Waals surface area contributed by atoms with E-state index in [1.165, 1.54) is 23.9 Å². The maximum atomic E-state index is 13.5. The minimum absolute atomic E-state index is 0.150. The van der Waals surface area contributed by atoms with Crippen molar-refractivity contribution < 1.29 is 26.4 Å². The summed E-state index contributed by atoms with van der Waals surface area (Å²) in [5.41, 5.74) is -4.22. The maximum Gasteiger partial charge on any atom is 0.501 e. The highest BCUT2D eigenvalue weighted by atomic mass is 32.2. The van der Waals surface area contributed by atoms with Gasteiger partial charge in [-0.1, -0.05) is 25.1 Å². The van der Waals surface area contributed by atoms with Crippen LogP contribution in [-0.4, -0.2) is 69.8 Å². The highest BCUT2D eigenvalue weighted by molar-refractivity contribution is 7.99. The van der Waals surface area contributed by atoms with Crippen LogP contribution in [0.25, 0.3) is 0 Å². The van der Waals surface area contributed by atoms with Gasteiger partial charge >= 0.3 is 5.51 Å². The third-order valence-corrected chi connectivity index (χ3v) is 9.96. The van der Waals surface area contributed by atoms with Crippen LogP contribution in [0, 0.1) is 0 Å². The lowest BCUT2D eigenvalue weighted by Crippen LogP contribution is -2.46. The molecule has 1 amide bonds. The number of rotatable bonds is 12. The van der Waals surface area contributed by atoms with Crippen molar-refractivity contribution in [2.45, 2.75) is 33.5 Å². The van der Waals surface area contributed by atoms with E-state index >= 15 is 0 Å². The van der Waals surface area contributed by atoms with Crippen LogP contribution in [0.5, 0.6) is 0 Å². The Morgan fingerprint density at radius 1 is 0.929 bits per heavy atom. The van der Waals surface area contributed by atoms with Gasteiger partial charge in [0.1, 0.15) is 4.90 Å². The van der Waals surface area contributed by atoms with Crippen molar-refractivity contribution in [3.63, 3.8) is 0 Å². The number of benzene rings is 3. The monoisotopic (exact) mass is 638 g/mol. The Balaban J connectivity index is 1.38. The number of nitrogens with one attached hydrogen (secondary N) is 2. The average molecular weight is 639 g/mol. The molecular weight excluding hydrogens is 606 g/mol. The first-order valence-electron chi connectivity index (χ1n) is 13.5. The highest BCUT2D eigenvalue weighted by Gasteiger charge is 2.48. The van der Waals surface area contributed by atoms with Gasteiger partial charge in [0.25, 0.3) is 15.7 Å². The molecule has 1 aliphatic rings. The first-order valence-corrected chi connectivity index (χ1v) is 16.8. The molecule has 13 heteroatoms. The normalized spacial score (nSPS) is 14.5. The molecule has 3 aromatic rings. The van der Waals surface area contributed by atoms with Crippen LogP contribution in [0.15, 0.2) is 87.5 Å². The van der Waals surface area contributed by atoms with Crippen LogP contribution in [0.3, 0.4) is 0 Å². The highest BCUT2D eigenvalue weighted by Crippen LogP contribution is 2.36. The number of nitrogens with zero attached hydrogens (tertiary/aromatic N) is 2. The fourth-order valence-electron chi connectivity index (χ4n) is 4.46. The molecular formula is C29H33F3N4O3S3. The zero-order valence-electron chi connectivity index (χ0n) is 23.1. The first-order chi connectivity index (χ1) is 20.1. The molecule has 1 heterocycles. The van der Waals surface area contributed by atoms with Crippen molar-refractivity contribution in [2.75, 3.05) is 55.2 Å². The summed E-state index contributed by atoms with van der Waals surface area (Å²) in [6.45, 7) is 7.27. The van der Waals surface area contributed by atoms with Crippen LogP contribution in [0.4, 0.5) is 24.5 Å². The molecule has 0 atom stereocenters. The van der Waals surface area contributed by atoms with Crippen LogP contribution in [0.1, 0.15) is 23.7 Å². The summed E-state index contributed by atoms with van der Waals surface area (Å²) in [5, 5.41) is 2.82. The lowest BCUT2D eigenvalue weighted by molar-refractivity contribution is -0.0435. The predicted molar refractivity (Wildman–Crippen MR) is 164 cm³/mol. The van der Waals surface area contributed by atoms with Crippen molar-refractivity contribution in [2.24, 2.45) is 0 Å². The van der Waals surface area contributed by atoms with Crippen LogP contribution in [-0.2, 0) is 9.84 Å². The number of amides is 1. The lowest BCUT2D eigenvalue weighted by atomic mass is 10.1. The van der Waals surface area contributed by atoms with Crippen LogP contribution in [0.2, 0.25) is 0 Å². The molecule has 226 valence electrons. The number of anilines is 2. The Kier molecular flexibility index (Phi) is 11.1. The van der Waals surface area contributed by atoms with Crippen molar-refractivity contribution in [1.29, 1.82) is 0 Å². The number of hydrogen-bond donors (Lipinski definition) is 2. The third-order valence-electron chi connectivity index (χ3n) is 6.65. The molecule has 0 spiro atoms. The second kappa shape index (κ2) is 14.5. The zero-order valence-corrected chi connectivity index (χ0v) is 25.5. The quantitative estimate of drug-likeness (QED) is 0.139. The molecule has 1 saturated heterocycles. The number of alkyl halides is 3. The van der Waals surface area contributed by atoms with Gasteiger partial charge in [0, 0.05) is 59.5 Å².